The van der Waals surface area contributed by atoms with Crippen molar-refractivity contribution in [1.29, 1.82) is 0 Å². The molecule has 1 amide bonds. The second-order valence-electron chi connectivity index (χ2n) is 5.29. The first-order valence-corrected chi connectivity index (χ1v) is 7.14. The van der Waals surface area contributed by atoms with Crippen molar-refractivity contribution in [3.8, 4) is 0 Å². The Hall–Kier alpha value is -2.09. The molecule has 1 heterocycles. The lowest BCUT2D eigenvalue weighted by Crippen LogP contribution is -2.33. The van der Waals surface area contributed by atoms with Gasteiger partial charge in [0.25, 0.3) is 0 Å². The SMILES string of the molecule is O=[C]N1CCCC1C(c1ccccc1)c1ccccc1. The molecule has 1 atom stereocenters. The topological polar surface area (TPSA) is 20.3 Å². The van der Waals surface area contributed by atoms with Gasteiger partial charge in [0, 0.05) is 18.5 Å². The van der Waals surface area contributed by atoms with Crippen LogP contribution in [0.2, 0.25) is 0 Å². The summed E-state index contributed by atoms with van der Waals surface area (Å²) in [7, 11) is 0. The Kier molecular flexibility index (Phi) is 3.82. The van der Waals surface area contributed by atoms with Crippen LogP contribution in [0.1, 0.15) is 29.9 Å². The summed E-state index contributed by atoms with van der Waals surface area (Å²) in [4.78, 5) is 13.0. The van der Waals surface area contributed by atoms with Gasteiger partial charge in [-0.3, -0.25) is 4.79 Å². The maximum Gasteiger partial charge on any atom is 0.312 e. The van der Waals surface area contributed by atoms with Crippen LogP contribution in [0.4, 0.5) is 0 Å². The van der Waals surface area contributed by atoms with Crippen LogP contribution in [0, 0.1) is 0 Å². The van der Waals surface area contributed by atoms with Crippen molar-refractivity contribution in [1.82, 2.24) is 4.90 Å². The van der Waals surface area contributed by atoms with Gasteiger partial charge in [0.15, 0.2) is 0 Å². The number of amides is 1. The molecule has 0 aliphatic carbocycles. The minimum Gasteiger partial charge on any atom is -0.331 e. The molecule has 1 fully saturated rings. The third-order valence-electron chi connectivity index (χ3n) is 4.12. The van der Waals surface area contributed by atoms with Crippen LogP contribution in [0.15, 0.2) is 60.7 Å². The van der Waals surface area contributed by atoms with E-state index in [0.717, 1.165) is 19.4 Å². The van der Waals surface area contributed by atoms with Gasteiger partial charge in [-0.2, -0.15) is 0 Å². The largest absolute Gasteiger partial charge is 0.331 e. The Balaban J connectivity index is 2.02. The molecule has 2 heteroatoms. The predicted molar refractivity (Wildman–Crippen MR) is 80.1 cm³/mol. The zero-order chi connectivity index (χ0) is 13.8. The second kappa shape index (κ2) is 5.91. The number of rotatable bonds is 4. The molecule has 1 saturated heterocycles. The Labute approximate surface area is 120 Å². The lowest BCUT2D eigenvalue weighted by atomic mass is 9.84. The molecular weight excluding hydrogens is 246 g/mol. The van der Waals surface area contributed by atoms with Crippen molar-refractivity contribution in [3.05, 3.63) is 71.8 Å². The molecule has 1 radical (unpaired) electrons. The normalized spacial score (nSPS) is 18.4. The zero-order valence-corrected chi connectivity index (χ0v) is 11.4. The van der Waals surface area contributed by atoms with E-state index in [2.05, 4.69) is 54.9 Å². The summed E-state index contributed by atoms with van der Waals surface area (Å²) in [5.74, 6) is 0.237. The highest BCUT2D eigenvalue weighted by Gasteiger charge is 2.33. The minimum atomic E-state index is 0.220. The van der Waals surface area contributed by atoms with Gasteiger partial charge in [0.05, 0.1) is 0 Å². The smallest absolute Gasteiger partial charge is 0.312 e. The van der Waals surface area contributed by atoms with E-state index >= 15 is 0 Å². The number of benzene rings is 2. The number of carbonyl (C=O) groups excluding carboxylic acids is 1. The Bertz CT molecular complexity index is 513. The molecule has 0 N–H and O–H groups in total. The van der Waals surface area contributed by atoms with Gasteiger partial charge in [-0.15, -0.1) is 0 Å². The maximum atomic E-state index is 11.2. The minimum absolute atomic E-state index is 0.220. The number of hydrogen-bond donors (Lipinski definition) is 0. The molecule has 2 aromatic carbocycles. The summed E-state index contributed by atoms with van der Waals surface area (Å²) in [5, 5.41) is 0. The first-order valence-electron chi connectivity index (χ1n) is 7.14. The van der Waals surface area contributed by atoms with Gasteiger partial charge >= 0.3 is 6.41 Å². The summed E-state index contributed by atoms with van der Waals surface area (Å²) < 4.78 is 0. The Morgan fingerprint density at radius 1 is 0.950 bits per heavy atom. The summed E-state index contributed by atoms with van der Waals surface area (Å²) in [6.07, 6.45) is 4.23. The van der Waals surface area contributed by atoms with Crippen LogP contribution < -0.4 is 0 Å². The fraction of sp³-hybridized carbons (Fsp3) is 0.278. The van der Waals surface area contributed by atoms with Crippen LogP contribution in [0.5, 0.6) is 0 Å². The molecule has 0 spiro atoms. The maximum absolute atomic E-state index is 11.2. The van der Waals surface area contributed by atoms with Gasteiger partial charge in [0.2, 0.25) is 0 Å². The standard InChI is InChI=1S/C18H18NO/c20-14-19-13-7-12-17(19)18(15-8-3-1-4-9-15)16-10-5-2-6-11-16/h1-6,8-11,17-18H,7,12-13H2. The van der Waals surface area contributed by atoms with Crippen molar-refractivity contribution in [2.45, 2.75) is 24.8 Å². The lowest BCUT2D eigenvalue weighted by Gasteiger charge is -2.29. The molecule has 3 rings (SSSR count). The van der Waals surface area contributed by atoms with Gasteiger partial charge in [-0.1, -0.05) is 60.7 Å². The van der Waals surface area contributed by atoms with E-state index in [4.69, 9.17) is 0 Å². The van der Waals surface area contributed by atoms with Crippen molar-refractivity contribution in [2.75, 3.05) is 6.54 Å². The Morgan fingerprint density at radius 2 is 1.50 bits per heavy atom. The van der Waals surface area contributed by atoms with E-state index in [0.29, 0.717) is 0 Å². The summed E-state index contributed by atoms with van der Waals surface area (Å²) >= 11 is 0. The zero-order valence-electron chi connectivity index (χ0n) is 11.4. The van der Waals surface area contributed by atoms with E-state index in [1.807, 2.05) is 17.0 Å². The van der Waals surface area contributed by atoms with Crippen molar-refractivity contribution in [2.24, 2.45) is 0 Å². The van der Waals surface area contributed by atoms with Crippen LogP contribution in [-0.4, -0.2) is 23.9 Å². The highest BCUT2D eigenvalue weighted by Crippen LogP contribution is 2.35. The van der Waals surface area contributed by atoms with Crippen molar-refractivity contribution < 1.29 is 4.79 Å². The van der Waals surface area contributed by atoms with Gasteiger partial charge in [0.1, 0.15) is 0 Å². The molecule has 101 valence electrons. The third-order valence-corrected chi connectivity index (χ3v) is 4.12. The van der Waals surface area contributed by atoms with E-state index < -0.39 is 0 Å². The van der Waals surface area contributed by atoms with E-state index in [1.165, 1.54) is 11.1 Å². The van der Waals surface area contributed by atoms with Gasteiger partial charge < -0.3 is 4.90 Å². The first-order chi connectivity index (χ1) is 9.90. The summed E-state index contributed by atoms with van der Waals surface area (Å²) in [6, 6.07) is 21.1. The van der Waals surface area contributed by atoms with E-state index in [-0.39, 0.29) is 12.0 Å². The van der Waals surface area contributed by atoms with Crippen molar-refractivity contribution >= 4 is 6.41 Å². The fourth-order valence-corrected chi connectivity index (χ4v) is 3.21. The highest BCUT2D eigenvalue weighted by molar-refractivity contribution is 5.51. The average Bonchev–Trinajstić information content (AvgIpc) is 2.98. The second-order valence-corrected chi connectivity index (χ2v) is 5.29. The molecule has 1 aliphatic rings. The van der Waals surface area contributed by atoms with Crippen molar-refractivity contribution in [3.63, 3.8) is 0 Å². The highest BCUT2D eigenvalue weighted by atomic mass is 16.1. The molecule has 1 aliphatic heterocycles. The first kappa shape index (κ1) is 12.9. The monoisotopic (exact) mass is 264 g/mol. The molecule has 2 nitrogen and oxygen atoms in total. The van der Waals surface area contributed by atoms with Crippen LogP contribution in [0.25, 0.3) is 0 Å². The van der Waals surface area contributed by atoms with Crippen LogP contribution >= 0.6 is 0 Å². The van der Waals surface area contributed by atoms with E-state index in [9.17, 15) is 4.79 Å². The molecule has 0 bridgehead atoms. The van der Waals surface area contributed by atoms with Gasteiger partial charge in [-0.05, 0) is 24.0 Å². The van der Waals surface area contributed by atoms with Crippen LogP contribution in [0.3, 0.4) is 0 Å². The summed E-state index contributed by atoms with van der Waals surface area (Å²) in [5.41, 5.74) is 2.54. The fourth-order valence-electron chi connectivity index (χ4n) is 3.21. The predicted octanol–water partition coefficient (Wildman–Crippen LogP) is 3.35. The lowest BCUT2D eigenvalue weighted by molar-refractivity contribution is 0.334. The molecule has 20 heavy (non-hydrogen) atoms. The molecule has 1 unspecified atom stereocenters. The number of likely N-dealkylation sites (tertiary alicyclic amines) is 1. The molecule has 0 aromatic heterocycles. The van der Waals surface area contributed by atoms with E-state index in [1.54, 1.807) is 0 Å². The molecule has 2 aromatic rings. The summed E-state index contributed by atoms with van der Waals surface area (Å²) in [6.45, 7) is 0.824. The number of nitrogens with zero attached hydrogens (tertiary/aromatic N) is 1. The third kappa shape index (κ3) is 2.46. The molecule has 0 saturated carbocycles. The van der Waals surface area contributed by atoms with Crippen LogP contribution in [-0.2, 0) is 4.79 Å². The molecular formula is C18H18NO. The number of hydrogen-bond acceptors (Lipinski definition) is 1. The quantitative estimate of drug-likeness (QED) is 0.829. The van der Waals surface area contributed by atoms with Gasteiger partial charge in [-0.25, -0.2) is 0 Å². The Morgan fingerprint density at radius 3 is 2.00 bits per heavy atom. The average molecular weight is 264 g/mol.